The van der Waals surface area contributed by atoms with Crippen molar-refractivity contribution < 1.29 is 4.39 Å². The van der Waals surface area contributed by atoms with Gasteiger partial charge in [0.15, 0.2) is 0 Å². The summed E-state index contributed by atoms with van der Waals surface area (Å²) in [7, 11) is 0. The Kier molecular flexibility index (Phi) is 1.81. The third-order valence-electron chi connectivity index (χ3n) is 1.86. The van der Waals surface area contributed by atoms with Gasteiger partial charge < -0.3 is 5.73 Å². The highest BCUT2D eigenvalue weighted by Crippen LogP contribution is 2.26. The molecule has 13 heavy (non-hydrogen) atoms. The van der Waals surface area contributed by atoms with Gasteiger partial charge in [-0.15, -0.1) is 0 Å². The molecular formula is C9H6ClFN2. The molecule has 2 aromatic rings. The van der Waals surface area contributed by atoms with E-state index in [0.717, 1.165) is 0 Å². The summed E-state index contributed by atoms with van der Waals surface area (Å²) in [6.45, 7) is 0. The van der Waals surface area contributed by atoms with Gasteiger partial charge >= 0.3 is 0 Å². The highest BCUT2D eigenvalue weighted by atomic mass is 35.5. The minimum atomic E-state index is -0.451. The van der Waals surface area contributed by atoms with Crippen LogP contribution in [0, 0.1) is 5.82 Å². The average molecular weight is 197 g/mol. The molecule has 4 heteroatoms. The minimum Gasteiger partial charge on any atom is -0.383 e. The zero-order valence-electron chi connectivity index (χ0n) is 6.59. The van der Waals surface area contributed by atoms with Gasteiger partial charge in [0, 0.05) is 17.0 Å². The standard InChI is InChI=1S/C9H6ClFN2/c10-7-2-1-6-5(8(7)11)3-4-13-9(6)12/h1-4H,(H2,12,13). The highest BCUT2D eigenvalue weighted by molar-refractivity contribution is 6.31. The third-order valence-corrected chi connectivity index (χ3v) is 2.16. The molecule has 0 fully saturated rings. The van der Waals surface area contributed by atoms with Crippen molar-refractivity contribution in [3.05, 3.63) is 35.2 Å². The van der Waals surface area contributed by atoms with Gasteiger partial charge in [0.05, 0.1) is 5.02 Å². The predicted octanol–water partition coefficient (Wildman–Crippen LogP) is 2.61. The van der Waals surface area contributed by atoms with E-state index in [1.165, 1.54) is 12.3 Å². The van der Waals surface area contributed by atoms with E-state index < -0.39 is 5.82 Å². The van der Waals surface area contributed by atoms with Crippen molar-refractivity contribution in [2.24, 2.45) is 0 Å². The Morgan fingerprint density at radius 2 is 2.00 bits per heavy atom. The smallest absolute Gasteiger partial charge is 0.149 e. The van der Waals surface area contributed by atoms with Crippen LogP contribution in [0.15, 0.2) is 24.4 Å². The Morgan fingerprint density at radius 1 is 1.23 bits per heavy atom. The fourth-order valence-corrected chi connectivity index (χ4v) is 1.38. The van der Waals surface area contributed by atoms with E-state index in [9.17, 15) is 4.39 Å². The Morgan fingerprint density at radius 3 is 2.77 bits per heavy atom. The van der Waals surface area contributed by atoms with Crippen LogP contribution in [-0.2, 0) is 0 Å². The number of aromatic nitrogens is 1. The summed E-state index contributed by atoms with van der Waals surface area (Å²) in [5, 5.41) is 1.09. The van der Waals surface area contributed by atoms with Crippen LogP contribution in [0.2, 0.25) is 5.02 Å². The molecule has 0 amide bonds. The molecule has 0 spiro atoms. The Hall–Kier alpha value is -1.35. The van der Waals surface area contributed by atoms with Crippen LogP contribution < -0.4 is 5.73 Å². The number of fused-ring (bicyclic) bond motifs is 1. The minimum absolute atomic E-state index is 0.0955. The summed E-state index contributed by atoms with van der Waals surface area (Å²) in [5.41, 5.74) is 5.55. The second-order valence-corrected chi connectivity index (χ2v) is 3.06. The first-order valence-electron chi connectivity index (χ1n) is 3.68. The molecule has 0 radical (unpaired) electrons. The number of anilines is 1. The number of pyridine rings is 1. The summed E-state index contributed by atoms with van der Waals surface area (Å²) >= 11 is 5.60. The molecule has 2 nitrogen and oxygen atoms in total. The van der Waals surface area contributed by atoms with E-state index in [1.54, 1.807) is 12.1 Å². The van der Waals surface area contributed by atoms with Crippen LogP contribution in [0.4, 0.5) is 10.2 Å². The second-order valence-electron chi connectivity index (χ2n) is 2.65. The number of nitrogens with two attached hydrogens (primary N) is 1. The van der Waals surface area contributed by atoms with Crippen LogP contribution in [0.1, 0.15) is 0 Å². The lowest BCUT2D eigenvalue weighted by Crippen LogP contribution is -1.92. The molecule has 0 saturated carbocycles. The number of hydrogen-bond acceptors (Lipinski definition) is 2. The summed E-state index contributed by atoms with van der Waals surface area (Å²) in [6.07, 6.45) is 1.46. The van der Waals surface area contributed by atoms with E-state index in [2.05, 4.69) is 4.98 Å². The topological polar surface area (TPSA) is 38.9 Å². The summed E-state index contributed by atoms with van der Waals surface area (Å²) in [5.74, 6) is -0.138. The van der Waals surface area contributed by atoms with Gasteiger partial charge in [-0.25, -0.2) is 9.37 Å². The van der Waals surface area contributed by atoms with Crippen molar-refractivity contribution in [3.8, 4) is 0 Å². The first-order chi connectivity index (χ1) is 6.20. The van der Waals surface area contributed by atoms with Crippen molar-refractivity contribution >= 4 is 28.2 Å². The number of hydrogen-bond donors (Lipinski definition) is 1. The molecular weight excluding hydrogens is 191 g/mol. The first-order valence-corrected chi connectivity index (χ1v) is 4.06. The first kappa shape index (κ1) is 8.26. The lowest BCUT2D eigenvalue weighted by molar-refractivity contribution is 0.640. The third kappa shape index (κ3) is 1.21. The van der Waals surface area contributed by atoms with Gasteiger partial charge in [-0.1, -0.05) is 11.6 Å². The van der Waals surface area contributed by atoms with Crippen LogP contribution in [0.3, 0.4) is 0 Å². The van der Waals surface area contributed by atoms with E-state index in [1.807, 2.05) is 0 Å². The van der Waals surface area contributed by atoms with Crippen LogP contribution in [-0.4, -0.2) is 4.98 Å². The van der Waals surface area contributed by atoms with Gasteiger partial charge in [0.1, 0.15) is 11.6 Å². The fourth-order valence-electron chi connectivity index (χ4n) is 1.21. The van der Waals surface area contributed by atoms with E-state index in [0.29, 0.717) is 16.6 Å². The molecule has 0 unspecified atom stereocenters. The van der Waals surface area contributed by atoms with Gasteiger partial charge in [0.25, 0.3) is 0 Å². The summed E-state index contributed by atoms with van der Waals surface area (Å²) in [6, 6.07) is 4.67. The Labute approximate surface area is 79.1 Å². The lowest BCUT2D eigenvalue weighted by Gasteiger charge is -2.02. The van der Waals surface area contributed by atoms with Gasteiger partial charge in [-0.3, -0.25) is 0 Å². The number of benzene rings is 1. The van der Waals surface area contributed by atoms with Crippen molar-refractivity contribution in [2.75, 3.05) is 5.73 Å². The van der Waals surface area contributed by atoms with E-state index >= 15 is 0 Å². The van der Waals surface area contributed by atoms with Gasteiger partial charge in [-0.05, 0) is 18.2 Å². The molecule has 0 bridgehead atoms. The normalized spacial score (nSPS) is 10.6. The molecule has 66 valence electrons. The molecule has 0 aliphatic rings. The number of nitrogen functional groups attached to an aromatic ring is 1. The maximum atomic E-state index is 13.4. The zero-order chi connectivity index (χ0) is 9.42. The summed E-state index contributed by atoms with van der Waals surface area (Å²) in [4.78, 5) is 3.85. The Balaban J connectivity index is 2.94. The molecule has 0 aliphatic carbocycles. The van der Waals surface area contributed by atoms with Crippen molar-refractivity contribution in [3.63, 3.8) is 0 Å². The van der Waals surface area contributed by atoms with E-state index in [4.69, 9.17) is 17.3 Å². The molecule has 1 heterocycles. The zero-order valence-corrected chi connectivity index (χ0v) is 7.35. The number of nitrogens with zero attached hydrogens (tertiary/aromatic N) is 1. The predicted molar refractivity (Wildman–Crippen MR) is 51.1 cm³/mol. The van der Waals surface area contributed by atoms with Crippen molar-refractivity contribution in [2.45, 2.75) is 0 Å². The molecule has 1 aromatic heterocycles. The van der Waals surface area contributed by atoms with Crippen LogP contribution >= 0.6 is 11.6 Å². The SMILES string of the molecule is Nc1nccc2c(F)c(Cl)ccc12. The molecule has 1 aromatic carbocycles. The van der Waals surface area contributed by atoms with Crippen molar-refractivity contribution in [1.29, 1.82) is 0 Å². The van der Waals surface area contributed by atoms with Crippen LogP contribution in [0.5, 0.6) is 0 Å². The fraction of sp³-hybridized carbons (Fsp3) is 0. The maximum absolute atomic E-state index is 13.4. The number of rotatable bonds is 0. The summed E-state index contributed by atoms with van der Waals surface area (Å²) < 4.78 is 13.4. The van der Waals surface area contributed by atoms with Gasteiger partial charge in [-0.2, -0.15) is 0 Å². The monoisotopic (exact) mass is 196 g/mol. The molecule has 2 N–H and O–H groups in total. The second kappa shape index (κ2) is 2.85. The molecule has 0 aliphatic heterocycles. The quantitative estimate of drug-likeness (QED) is 0.704. The van der Waals surface area contributed by atoms with Crippen LogP contribution in [0.25, 0.3) is 10.8 Å². The molecule has 2 rings (SSSR count). The van der Waals surface area contributed by atoms with E-state index in [-0.39, 0.29) is 5.02 Å². The lowest BCUT2D eigenvalue weighted by atomic mass is 10.1. The highest BCUT2D eigenvalue weighted by Gasteiger charge is 2.06. The van der Waals surface area contributed by atoms with Gasteiger partial charge in [0.2, 0.25) is 0 Å². The Bertz CT molecular complexity index is 470. The maximum Gasteiger partial charge on any atom is 0.149 e. The number of halogens is 2. The van der Waals surface area contributed by atoms with Crippen molar-refractivity contribution in [1.82, 2.24) is 4.98 Å². The molecule has 0 saturated heterocycles. The average Bonchev–Trinajstić information content (AvgIpc) is 2.12. The molecule has 0 atom stereocenters. The largest absolute Gasteiger partial charge is 0.383 e.